The number of hydrogen-bond acceptors (Lipinski definition) is 5. The number of hydrogen-bond donors (Lipinski definition) is 0. The molecule has 7 nitrogen and oxygen atoms in total. The number of aryl methyl sites for hydroxylation is 1. The van der Waals surface area contributed by atoms with E-state index in [1.807, 2.05) is 82.1 Å². The molecule has 1 amide bonds. The number of likely N-dealkylation sites (N-methyl/N-ethyl adjacent to an activating group) is 1. The van der Waals surface area contributed by atoms with Crippen molar-refractivity contribution in [2.75, 3.05) is 44.2 Å². The molecular formula is C28H37FN6O. The average Bonchev–Trinajstić information content (AvgIpc) is 3.28. The summed E-state index contributed by atoms with van der Waals surface area (Å²) in [6.07, 6.45) is 0. The van der Waals surface area contributed by atoms with Crippen LogP contribution >= 0.6 is 0 Å². The zero-order valence-corrected chi connectivity index (χ0v) is 22.0. The van der Waals surface area contributed by atoms with E-state index in [0.29, 0.717) is 56.3 Å². The van der Waals surface area contributed by atoms with E-state index in [2.05, 4.69) is 19.9 Å². The van der Waals surface area contributed by atoms with Gasteiger partial charge in [-0.25, -0.2) is 14.1 Å². The normalized spacial score (nSPS) is 15.4. The molecule has 2 aromatic carbocycles. The molecule has 4 rings (SSSR count). The molecule has 1 aromatic heterocycles. The van der Waals surface area contributed by atoms with Crippen LogP contribution in [0.15, 0.2) is 48.5 Å². The zero-order chi connectivity index (χ0) is 25.8. The number of benzene rings is 2. The maximum absolute atomic E-state index is 15.3. The van der Waals surface area contributed by atoms with Crippen molar-refractivity contribution in [3.05, 3.63) is 65.7 Å². The predicted octanol–water partition coefficient (Wildman–Crippen LogP) is 4.48. The van der Waals surface area contributed by atoms with E-state index < -0.39 is 0 Å². The van der Waals surface area contributed by atoms with Crippen LogP contribution in [0, 0.1) is 5.82 Å². The molecule has 3 aromatic rings. The van der Waals surface area contributed by atoms with Gasteiger partial charge in [-0.05, 0) is 37.6 Å². The molecule has 0 spiro atoms. The third-order valence-electron chi connectivity index (χ3n) is 6.95. The summed E-state index contributed by atoms with van der Waals surface area (Å²) in [4.78, 5) is 24.2. The molecule has 0 radical (unpaired) electrons. The van der Waals surface area contributed by atoms with Crippen LogP contribution < -0.4 is 4.90 Å². The minimum absolute atomic E-state index is 0.125. The van der Waals surface area contributed by atoms with Crippen LogP contribution in [-0.4, -0.2) is 69.7 Å². The number of halogens is 1. The Morgan fingerprint density at radius 1 is 1.03 bits per heavy atom. The van der Waals surface area contributed by atoms with E-state index in [9.17, 15) is 4.79 Å². The van der Waals surface area contributed by atoms with Crippen molar-refractivity contribution in [2.45, 2.75) is 39.7 Å². The molecule has 2 heterocycles. The molecule has 1 aliphatic rings. The van der Waals surface area contributed by atoms with Gasteiger partial charge in [-0.2, -0.15) is 5.10 Å². The van der Waals surface area contributed by atoms with Gasteiger partial charge in [-0.3, -0.25) is 9.69 Å². The lowest BCUT2D eigenvalue weighted by molar-refractivity contribution is -0.137. The Labute approximate surface area is 213 Å². The molecule has 0 saturated carbocycles. The van der Waals surface area contributed by atoms with Crippen LogP contribution in [0.3, 0.4) is 0 Å². The van der Waals surface area contributed by atoms with E-state index >= 15 is 4.39 Å². The standard InChI is InChI=1S/C28H37FN6O/c1-6-33(7-2)28(36)25(21-11-9-8-10-12-21)35-17-15-34(16-18-35)24-14-13-22(19-23(24)29)27-30-26(20(3)4)31-32(27)5/h8-14,19-20,25H,6-7,15-18H2,1-5H3. The summed E-state index contributed by atoms with van der Waals surface area (Å²) >= 11 is 0. The first kappa shape index (κ1) is 25.8. The smallest absolute Gasteiger partial charge is 0.244 e. The average molecular weight is 493 g/mol. The van der Waals surface area contributed by atoms with Crippen LogP contribution in [0.25, 0.3) is 11.4 Å². The number of amides is 1. The highest BCUT2D eigenvalue weighted by molar-refractivity contribution is 5.83. The lowest BCUT2D eigenvalue weighted by atomic mass is 10.0. The zero-order valence-electron chi connectivity index (χ0n) is 22.0. The molecule has 36 heavy (non-hydrogen) atoms. The Morgan fingerprint density at radius 2 is 1.69 bits per heavy atom. The van der Waals surface area contributed by atoms with Gasteiger partial charge >= 0.3 is 0 Å². The third-order valence-corrected chi connectivity index (χ3v) is 6.95. The second-order valence-corrected chi connectivity index (χ2v) is 9.58. The summed E-state index contributed by atoms with van der Waals surface area (Å²) < 4.78 is 17.0. The number of anilines is 1. The van der Waals surface area contributed by atoms with Gasteiger partial charge in [0, 0.05) is 57.8 Å². The second kappa shape index (κ2) is 11.2. The Kier molecular flexibility index (Phi) is 8.04. The minimum Gasteiger partial charge on any atom is -0.367 e. The molecule has 1 unspecified atom stereocenters. The van der Waals surface area contributed by atoms with Gasteiger partial charge in [0.1, 0.15) is 11.9 Å². The maximum atomic E-state index is 15.3. The van der Waals surface area contributed by atoms with Crippen molar-refractivity contribution in [1.29, 1.82) is 0 Å². The van der Waals surface area contributed by atoms with Crippen molar-refractivity contribution in [3.63, 3.8) is 0 Å². The van der Waals surface area contributed by atoms with E-state index in [4.69, 9.17) is 0 Å². The van der Waals surface area contributed by atoms with Gasteiger partial charge < -0.3 is 9.80 Å². The second-order valence-electron chi connectivity index (χ2n) is 9.58. The van der Waals surface area contributed by atoms with E-state index in [1.54, 1.807) is 10.7 Å². The number of carbonyl (C=O) groups is 1. The summed E-state index contributed by atoms with van der Waals surface area (Å²) in [6.45, 7) is 12.1. The Hall–Kier alpha value is -3.26. The summed E-state index contributed by atoms with van der Waals surface area (Å²) in [7, 11) is 1.84. The molecule has 0 N–H and O–H groups in total. The maximum Gasteiger partial charge on any atom is 0.244 e. The summed E-state index contributed by atoms with van der Waals surface area (Å²) in [5.74, 6) is 1.47. The molecular weight excluding hydrogens is 455 g/mol. The first-order chi connectivity index (χ1) is 17.3. The molecule has 1 fully saturated rings. The van der Waals surface area contributed by atoms with Crippen molar-refractivity contribution in [2.24, 2.45) is 7.05 Å². The van der Waals surface area contributed by atoms with Gasteiger partial charge in [0.15, 0.2) is 11.6 Å². The summed E-state index contributed by atoms with van der Waals surface area (Å²) in [6, 6.07) is 14.9. The fraction of sp³-hybridized carbons (Fsp3) is 0.464. The molecule has 0 aliphatic carbocycles. The first-order valence-electron chi connectivity index (χ1n) is 12.9. The van der Waals surface area contributed by atoms with Crippen LogP contribution in [0.1, 0.15) is 51.0 Å². The molecule has 1 atom stereocenters. The highest BCUT2D eigenvalue weighted by Gasteiger charge is 2.33. The van der Waals surface area contributed by atoms with Crippen molar-refractivity contribution >= 4 is 11.6 Å². The lowest BCUT2D eigenvalue weighted by Crippen LogP contribution is -2.51. The van der Waals surface area contributed by atoms with Gasteiger partial charge in [0.2, 0.25) is 5.91 Å². The van der Waals surface area contributed by atoms with Crippen LogP contribution in [0.2, 0.25) is 0 Å². The third kappa shape index (κ3) is 5.28. The number of aromatic nitrogens is 3. The van der Waals surface area contributed by atoms with Gasteiger partial charge in [0.25, 0.3) is 0 Å². The van der Waals surface area contributed by atoms with Crippen molar-refractivity contribution in [1.82, 2.24) is 24.6 Å². The van der Waals surface area contributed by atoms with E-state index in [1.165, 1.54) is 0 Å². The number of carbonyl (C=O) groups excluding carboxylic acids is 1. The molecule has 8 heteroatoms. The lowest BCUT2D eigenvalue weighted by Gasteiger charge is -2.41. The van der Waals surface area contributed by atoms with Crippen LogP contribution in [-0.2, 0) is 11.8 Å². The number of piperazine rings is 1. The fourth-order valence-corrected chi connectivity index (χ4v) is 4.88. The Balaban J connectivity index is 1.51. The predicted molar refractivity (Wildman–Crippen MR) is 141 cm³/mol. The monoisotopic (exact) mass is 492 g/mol. The van der Waals surface area contributed by atoms with Crippen LogP contribution in [0.5, 0.6) is 0 Å². The molecule has 1 saturated heterocycles. The van der Waals surface area contributed by atoms with Crippen molar-refractivity contribution in [3.8, 4) is 11.4 Å². The SMILES string of the molecule is CCN(CC)C(=O)C(c1ccccc1)N1CCN(c2ccc(-c3nc(C(C)C)nn3C)cc2F)CC1. The van der Waals surface area contributed by atoms with Crippen molar-refractivity contribution < 1.29 is 9.18 Å². The Bertz CT molecular complexity index is 1170. The van der Waals surface area contributed by atoms with E-state index in [-0.39, 0.29) is 23.7 Å². The topological polar surface area (TPSA) is 57.5 Å². The summed E-state index contributed by atoms with van der Waals surface area (Å²) in [5.41, 5.74) is 2.30. The largest absolute Gasteiger partial charge is 0.367 e. The quantitative estimate of drug-likeness (QED) is 0.464. The molecule has 0 bridgehead atoms. The van der Waals surface area contributed by atoms with Gasteiger partial charge in [-0.1, -0.05) is 44.2 Å². The fourth-order valence-electron chi connectivity index (χ4n) is 4.88. The molecule has 1 aliphatic heterocycles. The van der Waals surface area contributed by atoms with Crippen LogP contribution in [0.4, 0.5) is 10.1 Å². The molecule has 192 valence electrons. The summed E-state index contributed by atoms with van der Waals surface area (Å²) in [5, 5.41) is 4.45. The minimum atomic E-state index is -0.327. The highest BCUT2D eigenvalue weighted by atomic mass is 19.1. The van der Waals surface area contributed by atoms with E-state index in [0.717, 1.165) is 11.4 Å². The Morgan fingerprint density at radius 3 is 2.25 bits per heavy atom. The van der Waals surface area contributed by atoms with Gasteiger partial charge in [-0.15, -0.1) is 0 Å². The van der Waals surface area contributed by atoms with Gasteiger partial charge in [0.05, 0.1) is 5.69 Å². The number of rotatable bonds is 8. The number of nitrogens with zero attached hydrogens (tertiary/aromatic N) is 6. The highest BCUT2D eigenvalue weighted by Crippen LogP contribution is 2.30. The first-order valence-corrected chi connectivity index (χ1v) is 12.9.